The average Bonchev–Trinajstić information content (AvgIpc) is 3.30. The van der Waals surface area contributed by atoms with Crippen LogP contribution in [-0.4, -0.2) is 56.9 Å². The first kappa shape index (κ1) is 22.2. The van der Waals surface area contributed by atoms with Crippen LogP contribution in [0.25, 0.3) is 5.69 Å². The molecule has 1 aliphatic rings. The third-order valence-electron chi connectivity index (χ3n) is 6.37. The summed E-state index contributed by atoms with van der Waals surface area (Å²) in [5, 5.41) is 0. The Kier molecular flexibility index (Phi) is 7.67. The summed E-state index contributed by atoms with van der Waals surface area (Å²) >= 11 is 0. The molecule has 3 aromatic heterocycles. The predicted octanol–water partition coefficient (Wildman–Crippen LogP) is 3.96. The first-order valence-electron chi connectivity index (χ1n) is 11.6. The van der Waals surface area contributed by atoms with Crippen molar-refractivity contribution in [2.75, 3.05) is 26.7 Å². The second-order valence-corrected chi connectivity index (χ2v) is 8.75. The van der Waals surface area contributed by atoms with Gasteiger partial charge in [0.25, 0.3) is 0 Å². The Labute approximate surface area is 190 Å². The molecule has 0 radical (unpaired) electrons. The van der Waals surface area contributed by atoms with Gasteiger partial charge in [-0.3, -0.25) is 19.7 Å². The quantitative estimate of drug-likeness (QED) is 0.515. The molecule has 0 aliphatic carbocycles. The number of aromatic nitrogens is 3. The maximum atomic E-state index is 12.6. The van der Waals surface area contributed by atoms with E-state index < -0.39 is 0 Å². The van der Waals surface area contributed by atoms with Gasteiger partial charge in [-0.05, 0) is 68.1 Å². The van der Waals surface area contributed by atoms with Crippen LogP contribution in [0.5, 0.6) is 0 Å². The summed E-state index contributed by atoms with van der Waals surface area (Å²) in [6, 6.07) is 14.3. The molecule has 0 saturated carbocycles. The molecule has 32 heavy (non-hydrogen) atoms. The van der Waals surface area contributed by atoms with Gasteiger partial charge < -0.3 is 9.47 Å². The lowest BCUT2D eigenvalue weighted by Gasteiger charge is -2.33. The number of carbonyl (C=O) groups is 1. The molecule has 1 aliphatic heterocycles. The highest BCUT2D eigenvalue weighted by Gasteiger charge is 2.22. The molecule has 0 aromatic carbocycles. The largest absolute Gasteiger partial charge is 0.345 e. The number of hydrogen-bond acceptors (Lipinski definition) is 4. The van der Waals surface area contributed by atoms with Crippen LogP contribution in [0, 0.1) is 5.92 Å². The molecule has 3 aromatic rings. The summed E-state index contributed by atoms with van der Waals surface area (Å²) < 4.78 is 2.22. The van der Waals surface area contributed by atoms with Gasteiger partial charge >= 0.3 is 0 Å². The van der Waals surface area contributed by atoms with Crippen LogP contribution in [0.2, 0.25) is 0 Å². The van der Waals surface area contributed by atoms with Crippen molar-refractivity contribution < 1.29 is 4.79 Å². The van der Waals surface area contributed by atoms with E-state index in [0.29, 0.717) is 12.3 Å². The lowest BCUT2D eigenvalue weighted by atomic mass is 9.93. The number of piperidine rings is 1. The Morgan fingerprint density at radius 1 is 1.16 bits per heavy atom. The van der Waals surface area contributed by atoms with Gasteiger partial charge in [-0.15, -0.1) is 0 Å². The molecule has 1 amide bonds. The SMILES string of the molecule is CN(CCc1ccccn1)C(=O)CC[C@H]1CCCN(Cc2cccn2-c2cccnc2)C1. The van der Waals surface area contributed by atoms with E-state index in [1.807, 2.05) is 42.4 Å². The van der Waals surface area contributed by atoms with Gasteiger partial charge in [-0.25, -0.2) is 0 Å². The molecule has 1 fully saturated rings. The normalized spacial score (nSPS) is 16.7. The number of nitrogens with zero attached hydrogens (tertiary/aromatic N) is 5. The summed E-state index contributed by atoms with van der Waals surface area (Å²) in [5.41, 5.74) is 3.41. The van der Waals surface area contributed by atoms with Crippen molar-refractivity contribution in [3.63, 3.8) is 0 Å². The minimum Gasteiger partial charge on any atom is -0.345 e. The standard InChI is InChI=1S/C26H33N5O/c1-29(18-13-23-8-2-3-15-28-23)26(32)12-11-22-7-5-16-30(20-22)21-25-10-6-17-31(25)24-9-4-14-27-19-24/h2-4,6,8-10,14-15,17,19,22H,5,7,11-13,16,18,20-21H2,1H3/t22-/m1/s1. The van der Waals surface area contributed by atoms with Crippen LogP contribution in [-0.2, 0) is 17.8 Å². The Morgan fingerprint density at radius 2 is 2.09 bits per heavy atom. The van der Waals surface area contributed by atoms with Gasteiger partial charge in [0.1, 0.15) is 0 Å². The number of rotatable bonds is 9. The monoisotopic (exact) mass is 431 g/mol. The predicted molar refractivity (Wildman–Crippen MR) is 126 cm³/mol. The molecule has 1 atom stereocenters. The third-order valence-corrected chi connectivity index (χ3v) is 6.37. The Balaban J connectivity index is 1.24. The minimum atomic E-state index is 0.239. The molecule has 0 unspecified atom stereocenters. The van der Waals surface area contributed by atoms with E-state index >= 15 is 0 Å². The molecule has 6 heteroatoms. The topological polar surface area (TPSA) is 54.3 Å². The van der Waals surface area contributed by atoms with Gasteiger partial charge in [0.2, 0.25) is 5.91 Å². The fraction of sp³-hybridized carbons (Fsp3) is 0.423. The van der Waals surface area contributed by atoms with E-state index in [9.17, 15) is 4.79 Å². The van der Waals surface area contributed by atoms with E-state index in [0.717, 1.165) is 50.4 Å². The van der Waals surface area contributed by atoms with Gasteiger partial charge in [-0.2, -0.15) is 0 Å². The molecule has 0 bridgehead atoms. The fourth-order valence-corrected chi connectivity index (χ4v) is 4.52. The average molecular weight is 432 g/mol. The zero-order valence-electron chi connectivity index (χ0n) is 18.9. The Bertz CT molecular complexity index is 972. The Hall–Kier alpha value is -2.99. The molecule has 4 heterocycles. The number of likely N-dealkylation sites (tertiary alicyclic amines) is 1. The summed E-state index contributed by atoms with van der Waals surface area (Å²) in [6.45, 7) is 3.82. The highest BCUT2D eigenvalue weighted by molar-refractivity contribution is 5.75. The Morgan fingerprint density at radius 3 is 2.91 bits per heavy atom. The molecule has 0 spiro atoms. The van der Waals surface area contributed by atoms with Crippen molar-refractivity contribution in [1.29, 1.82) is 0 Å². The summed E-state index contributed by atoms with van der Waals surface area (Å²) in [5.74, 6) is 0.821. The van der Waals surface area contributed by atoms with Crippen molar-refractivity contribution in [2.45, 2.75) is 38.6 Å². The highest BCUT2D eigenvalue weighted by atomic mass is 16.2. The molecule has 6 nitrogen and oxygen atoms in total. The zero-order chi connectivity index (χ0) is 22.2. The van der Waals surface area contributed by atoms with Crippen LogP contribution in [0.3, 0.4) is 0 Å². The lowest BCUT2D eigenvalue weighted by molar-refractivity contribution is -0.130. The smallest absolute Gasteiger partial charge is 0.222 e. The van der Waals surface area contributed by atoms with E-state index in [1.165, 1.54) is 18.5 Å². The highest BCUT2D eigenvalue weighted by Crippen LogP contribution is 2.23. The fourth-order valence-electron chi connectivity index (χ4n) is 4.52. The van der Waals surface area contributed by atoms with E-state index in [4.69, 9.17) is 0 Å². The molecule has 4 rings (SSSR count). The summed E-state index contributed by atoms with van der Waals surface area (Å²) in [4.78, 5) is 25.6. The number of pyridine rings is 2. The minimum absolute atomic E-state index is 0.239. The van der Waals surface area contributed by atoms with Crippen LogP contribution in [0.1, 0.15) is 37.1 Å². The van der Waals surface area contributed by atoms with Crippen molar-refractivity contribution in [3.05, 3.63) is 78.6 Å². The molecule has 168 valence electrons. The van der Waals surface area contributed by atoms with Crippen molar-refractivity contribution >= 4 is 5.91 Å². The second-order valence-electron chi connectivity index (χ2n) is 8.75. The van der Waals surface area contributed by atoms with Gasteiger partial charge in [0.05, 0.1) is 11.9 Å². The van der Waals surface area contributed by atoms with Crippen molar-refractivity contribution in [3.8, 4) is 5.69 Å². The van der Waals surface area contributed by atoms with Crippen LogP contribution < -0.4 is 0 Å². The lowest BCUT2D eigenvalue weighted by Crippen LogP contribution is -2.36. The van der Waals surface area contributed by atoms with Crippen molar-refractivity contribution in [1.82, 2.24) is 24.3 Å². The van der Waals surface area contributed by atoms with Crippen molar-refractivity contribution in [2.24, 2.45) is 5.92 Å². The van der Waals surface area contributed by atoms with E-state index in [-0.39, 0.29) is 5.91 Å². The molecular formula is C26H33N5O. The van der Waals surface area contributed by atoms with Crippen LogP contribution in [0.4, 0.5) is 0 Å². The first-order valence-corrected chi connectivity index (χ1v) is 11.6. The third kappa shape index (κ3) is 6.04. The number of carbonyl (C=O) groups excluding carboxylic acids is 1. The van der Waals surface area contributed by atoms with Crippen LogP contribution >= 0.6 is 0 Å². The summed E-state index contributed by atoms with van der Waals surface area (Å²) in [7, 11) is 1.91. The van der Waals surface area contributed by atoms with E-state index in [1.54, 1.807) is 12.4 Å². The maximum Gasteiger partial charge on any atom is 0.222 e. The summed E-state index contributed by atoms with van der Waals surface area (Å²) in [6.07, 6.45) is 12.4. The van der Waals surface area contributed by atoms with Crippen LogP contribution in [0.15, 0.2) is 67.3 Å². The first-order chi connectivity index (χ1) is 15.7. The second kappa shape index (κ2) is 11.0. The number of likely N-dealkylation sites (N-methyl/N-ethyl adjacent to an activating group) is 1. The molecular weight excluding hydrogens is 398 g/mol. The maximum absolute atomic E-state index is 12.6. The number of amides is 1. The number of hydrogen-bond donors (Lipinski definition) is 0. The van der Waals surface area contributed by atoms with E-state index in [2.05, 4.69) is 43.8 Å². The van der Waals surface area contributed by atoms with Gasteiger partial charge in [-0.1, -0.05) is 6.07 Å². The molecule has 0 N–H and O–H groups in total. The van der Waals surface area contributed by atoms with Gasteiger partial charge in [0.15, 0.2) is 0 Å². The zero-order valence-corrected chi connectivity index (χ0v) is 18.9. The molecule has 1 saturated heterocycles. The van der Waals surface area contributed by atoms with Gasteiger partial charge in [0, 0.05) is 69.5 Å².